The number of benzene rings is 1. The first-order valence-electron chi connectivity index (χ1n) is 5.60. The van der Waals surface area contributed by atoms with Gasteiger partial charge in [0.25, 0.3) is 0 Å². The molecule has 0 spiro atoms. The molecule has 1 N–H and O–H groups in total. The highest BCUT2D eigenvalue weighted by Gasteiger charge is 2.18. The van der Waals surface area contributed by atoms with E-state index in [1.54, 1.807) is 6.92 Å². The number of esters is 1. The molecule has 1 aromatic carbocycles. The molecule has 6 nitrogen and oxygen atoms in total. The first kappa shape index (κ1) is 15.6. The van der Waals surface area contributed by atoms with Crippen molar-refractivity contribution in [1.82, 2.24) is 4.72 Å². The Hall–Kier alpha value is -1.44. The van der Waals surface area contributed by atoms with Crippen LogP contribution in [0.5, 0.6) is 0 Å². The zero-order chi connectivity index (χ0) is 14.5. The van der Waals surface area contributed by atoms with Gasteiger partial charge in [-0.1, -0.05) is 6.07 Å². The maximum Gasteiger partial charge on any atom is 0.337 e. The Morgan fingerprint density at radius 3 is 2.63 bits per heavy atom. The molecule has 19 heavy (non-hydrogen) atoms. The van der Waals surface area contributed by atoms with Crippen LogP contribution in [-0.4, -0.2) is 41.3 Å². The topological polar surface area (TPSA) is 81.7 Å². The van der Waals surface area contributed by atoms with Crippen molar-refractivity contribution in [2.75, 3.05) is 20.8 Å². The zero-order valence-corrected chi connectivity index (χ0v) is 11.9. The molecule has 0 bridgehead atoms. The third-order valence-electron chi connectivity index (χ3n) is 2.34. The zero-order valence-electron chi connectivity index (χ0n) is 11.0. The van der Waals surface area contributed by atoms with Gasteiger partial charge in [0, 0.05) is 13.2 Å². The predicted octanol–water partition coefficient (Wildman–Crippen LogP) is 0.786. The summed E-state index contributed by atoms with van der Waals surface area (Å²) in [4.78, 5) is 11.4. The van der Waals surface area contributed by atoms with E-state index in [9.17, 15) is 13.2 Å². The van der Waals surface area contributed by atoms with Gasteiger partial charge in [-0.05, 0) is 25.1 Å². The van der Waals surface area contributed by atoms with Crippen molar-refractivity contribution < 1.29 is 22.7 Å². The second-order valence-electron chi connectivity index (χ2n) is 4.00. The minimum absolute atomic E-state index is 0.0124. The second-order valence-corrected chi connectivity index (χ2v) is 5.71. The van der Waals surface area contributed by atoms with E-state index in [-0.39, 0.29) is 23.1 Å². The minimum Gasteiger partial charge on any atom is -0.465 e. The smallest absolute Gasteiger partial charge is 0.337 e. The predicted molar refractivity (Wildman–Crippen MR) is 69.4 cm³/mol. The first-order valence-corrected chi connectivity index (χ1v) is 7.08. The van der Waals surface area contributed by atoms with Crippen LogP contribution in [0, 0.1) is 0 Å². The number of sulfonamides is 1. The number of ether oxygens (including phenoxy) is 2. The van der Waals surface area contributed by atoms with Crippen LogP contribution in [0.25, 0.3) is 0 Å². The number of hydrogen-bond donors (Lipinski definition) is 1. The average molecular weight is 287 g/mol. The van der Waals surface area contributed by atoms with Crippen molar-refractivity contribution in [1.29, 1.82) is 0 Å². The van der Waals surface area contributed by atoms with Crippen LogP contribution >= 0.6 is 0 Å². The Kier molecular flexibility index (Phi) is 5.46. The lowest BCUT2D eigenvalue weighted by molar-refractivity contribution is 0.0600. The van der Waals surface area contributed by atoms with E-state index in [1.807, 2.05) is 0 Å². The van der Waals surface area contributed by atoms with Gasteiger partial charge in [-0.25, -0.2) is 17.9 Å². The minimum atomic E-state index is -3.68. The van der Waals surface area contributed by atoms with Gasteiger partial charge in [-0.2, -0.15) is 0 Å². The number of hydrogen-bond acceptors (Lipinski definition) is 5. The quantitative estimate of drug-likeness (QED) is 0.782. The van der Waals surface area contributed by atoms with E-state index in [0.29, 0.717) is 0 Å². The van der Waals surface area contributed by atoms with Crippen molar-refractivity contribution >= 4 is 16.0 Å². The van der Waals surface area contributed by atoms with Crippen LogP contribution in [0.2, 0.25) is 0 Å². The molecular weight excluding hydrogens is 270 g/mol. The molecule has 0 saturated carbocycles. The Labute approximate surface area is 112 Å². The molecule has 0 radical (unpaired) electrons. The molecule has 1 unspecified atom stereocenters. The summed E-state index contributed by atoms with van der Waals surface area (Å²) in [5.74, 6) is -0.581. The molecule has 106 valence electrons. The van der Waals surface area contributed by atoms with Gasteiger partial charge in [-0.3, -0.25) is 0 Å². The molecule has 7 heteroatoms. The number of carbonyl (C=O) groups is 1. The fourth-order valence-electron chi connectivity index (χ4n) is 1.52. The van der Waals surface area contributed by atoms with Gasteiger partial charge in [0.1, 0.15) is 0 Å². The summed E-state index contributed by atoms with van der Waals surface area (Å²) in [6.45, 7) is 1.95. The lowest BCUT2D eigenvalue weighted by atomic mass is 10.2. The summed E-state index contributed by atoms with van der Waals surface area (Å²) in [5, 5.41) is 0. The standard InChI is InChI=1S/C12H17NO5S/c1-9(8-17-2)13-19(15,16)11-6-4-5-10(7-11)12(14)18-3/h4-7,9,13H,8H2,1-3H3. The fourth-order valence-corrected chi connectivity index (χ4v) is 2.80. The van der Waals surface area contributed by atoms with Gasteiger partial charge in [0.15, 0.2) is 0 Å². The molecule has 0 aliphatic rings. The number of nitrogens with one attached hydrogen (secondary N) is 1. The third-order valence-corrected chi connectivity index (χ3v) is 3.93. The molecular formula is C12H17NO5S. The number of methoxy groups -OCH3 is 2. The maximum absolute atomic E-state index is 12.1. The average Bonchev–Trinajstić information content (AvgIpc) is 2.37. The summed E-state index contributed by atoms with van der Waals surface area (Å²) < 4.78 is 36.0. The highest BCUT2D eigenvalue weighted by molar-refractivity contribution is 7.89. The van der Waals surface area contributed by atoms with E-state index >= 15 is 0 Å². The fraction of sp³-hybridized carbons (Fsp3) is 0.417. The van der Waals surface area contributed by atoms with Gasteiger partial charge >= 0.3 is 5.97 Å². The van der Waals surface area contributed by atoms with Crippen molar-refractivity contribution in [3.8, 4) is 0 Å². The van der Waals surface area contributed by atoms with E-state index in [1.165, 1.54) is 38.5 Å². The molecule has 1 rings (SSSR count). The van der Waals surface area contributed by atoms with Crippen LogP contribution in [-0.2, 0) is 19.5 Å². The monoisotopic (exact) mass is 287 g/mol. The van der Waals surface area contributed by atoms with Crippen molar-refractivity contribution in [3.63, 3.8) is 0 Å². The highest BCUT2D eigenvalue weighted by atomic mass is 32.2. The largest absolute Gasteiger partial charge is 0.465 e. The molecule has 0 fully saturated rings. The van der Waals surface area contributed by atoms with Gasteiger partial charge in [0.2, 0.25) is 10.0 Å². The van der Waals surface area contributed by atoms with Crippen molar-refractivity contribution in [2.24, 2.45) is 0 Å². The van der Waals surface area contributed by atoms with Crippen LogP contribution in [0.1, 0.15) is 17.3 Å². The molecule has 0 aliphatic carbocycles. The van der Waals surface area contributed by atoms with Crippen molar-refractivity contribution in [3.05, 3.63) is 29.8 Å². The molecule has 0 heterocycles. The second kappa shape index (κ2) is 6.65. The Morgan fingerprint density at radius 1 is 1.37 bits per heavy atom. The molecule has 0 aliphatic heterocycles. The lowest BCUT2D eigenvalue weighted by Gasteiger charge is -2.13. The van der Waals surface area contributed by atoms with Gasteiger partial charge < -0.3 is 9.47 Å². The van der Waals surface area contributed by atoms with Crippen LogP contribution in [0.3, 0.4) is 0 Å². The normalized spacial score (nSPS) is 13.0. The Balaban J connectivity index is 2.98. The summed E-state index contributed by atoms with van der Waals surface area (Å²) >= 11 is 0. The van der Waals surface area contributed by atoms with E-state index in [4.69, 9.17) is 4.74 Å². The molecule has 0 saturated heterocycles. The first-order chi connectivity index (χ1) is 8.90. The maximum atomic E-state index is 12.1. The van der Waals surface area contributed by atoms with E-state index < -0.39 is 16.0 Å². The highest BCUT2D eigenvalue weighted by Crippen LogP contribution is 2.12. The number of rotatable bonds is 6. The van der Waals surface area contributed by atoms with Crippen LogP contribution in [0.15, 0.2) is 29.2 Å². The van der Waals surface area contributed by atoms with Crippen LogP contribution < -0.4 is 4.72 Å². The van der Waals surface area contributed by atoms with Crippen molar-refractivity contribution in [2.45, 2.75) is 17.9 Å². The molecule has 1 atom stereocenters. The SMILES string of the molecule is COCC(C)NS(=O)(=O)c1cccc(C(=O)OC)c1. The summed E-state index contributed by atoms with van der Waals surface area (Å²) in [6.07, 6.45) is 0. The van der Waals surface area contributed by atoms with Gasteiger partial charge in [-0.15, -0.1) is 0 Å². The molecule has 1 aromatic rings. The summed E-state index contributed by atoms with van der Waals surface area (Å²) in [5.41, 5.74) is 0.185. The number of carbonyl (C=O) groups excluding carboxylic acids is 1. The third kappa shape index (κ3) is 4.30. The summed E-state index contributed by atoms with van der Waals surface area (Å²) in [6, 6.07) is 5.30. The molecule has 0 amide bonds. The van der Waals surface area contributed by atoms with Crippen LogP contribution in [0.4, 0.5) is 0 Å². The summed E-state index contributed by atoms with van der Waals surface area (Å²) in [7, 11) is -0.956. The lowest BCUT2D eigenvalue weighted by Crippen LogP contribution is -2.35. The van der Waals surface area contributed by atoms with E-state index in [2.05, 4.69) is 9.46 Å². The molecule has 0 aromatic heterocycles. The van der Waals surface area contributed by atoms with E-state index in [0.717, 1.165) is 0 Å². The Bertz CT molecular complexity index is 541. The van der Waals surface area contributed by atoms with Gasteiger partial charge in [0.05, 0.1) is 24.2 Å². The Morgan fingerprint density at radius 2 is 2.05 bits per heavy atom.